The lowest BCUT2D eigenvalue weighted by atomic mass is 10.2. The molecule has 0 fully saturated rings. The molecule has 0 aliphatic rings. The standard InChI is InChI=1S/C14H11N3O/c1-10-6-12(9-16-8-10)14(18)17-13-4-2-11(7-15)3-5-13/h2-6,8-9H,1H3,(H,17,18). The number of hydrogen-bond donors (Lipinski definition) is 1. The van der Waals surface area contributed by atoms with Crippen LogP contribution in [0, 0.1) is 18.3 Å². The highest BCUT2D eigenvalue weighted by molar-refractivity contribution is 6.04. The summed E-state index contributed by atoms with van der Waals surface area (Å²) in [6.07, 6.45) is 3.21. The third-order valence-electron chi connectivity index (χ3n) is 2.41. The van der Waals surface area contributed by atoms with Crippen LogP contribution in [0.25, 0.3) is 0 Å². The number of pyridine rings is 1. The molecule has 2 aromatic rings. The first-order valence-electron chi connectivity index (χ1n) is 5.42. The lowest BCUT2D eigenvalue weighted by Crippen LogP contribution is -2.12. The minimum atomic E-state index is -0.212. The Morgan fingerprint density at radius 1 is 1.28 bits per heavy atom. The third-order valence-corrected chi connectivity index (χ3v) is 2.41. The van der Waals surface area contributed by atoms with Gasteiger partial charge in [-0.15, -0.1) is 0 Å². The Balaban J connectivity index is 2.14. The summed E-state index contributed by atoms with van der Waals surface area (Å²) in [7, 11) is 0. The molecule has 0 atom stereocenters. The number of hydrogen-bond acceptors (Lipinski definition) is 3. The Morgan fingerprint density at radius 2 is 2.00 bits per heavy atom. The van der Waals surface area contributed by atoms with Gasteiger partial charge >= 0.3 is 0 Å². The molecular formula is C14H11N3O. The number of nitrogens with one attached hydrogen (secondary N) is 1. The van der Waals surface area contributed by atoms with Crippen LogP contribution in [0.3, 0.4) is 0 Å². The molecule has 0 aliphatic carbocycles. The zero-order valence-corrected chi connectivity index (χ0v) is 9.84. The van der Waals surface area contributed by atoms with E-state index in [1.165, 1.54) is 6.20 Å². The average molecular weight is 237 g/mol. The maximum atomic E-state index is 11.9. The largest absolute Gasteiger partial charge is 0.322 e. The number of carbonyl (C=O) groups excluding carboxylic acids is 1. The van der Waals surface area contributed by atoms with Crippen LogP contribution in [0.15, 0.2) is 42.7 Å². The van der Waals surface area contributed by atoms with Crippen LogP contribution >= 0.6 is 0 Å². The van der Waals surface area contributed by atoms with Crippen molar-refractivity contribution in [2.75, 3.05) is 5.32 Å². The molecule has 1 aromatic heterocycles. The SMILES string of the molecule is Cc1cncc(C(=O)Nc2ccc(C#N)cc2)c1. The smallest absolute Gasteiger partial charge is 0.257 e. The van der Waals surface area contributed by atoms with E-state index in [0.717, 1.165) is 5.56 Å². The van der Waals surface area contributed by atoms with E-state index in [1.807, 2.05) is 13.0 Å². The predicted molar refractivity (Wildman–Crippen MR) is 68.1 cm³/mol. The first kappa shape index (κ1) is 11.8. The Bertz CT molecular complexity index is 612. The lowest BCUT2D eigenvalue weighted by Gasteiger charge is -2.05. The number of rotatable bonds is 2. The van der Waals surface area contributed by atoms with Crippen molar-refractivity contribution in [3.63, 3.8) is 0 Å². The topological polar surface area (TPSA) is 65.8 Å². The summed E-state index contributed by atoms with van der Waals surface area (Å²) >= 11 is 0. The molecule has 88 valence electrons. The van der Waals surface area contributed by atoms with E-state index in [4.69, 9.17) is 5.26 Å². The molecule has 4 nitrogen and oxygen atoms in total. The van der Waals surface area contributed by atoms with Crippen LogP contribution in [0.5, 0.6) is 0 Å². The molecule has 4 heteroatoms. The van der Waals surface area contributed by atoms with Crippen molar-refractivity contribution in [2.24, 2.45) is 0 Å². The van der Waals surface area contributed by atoms with Crippen LogP contribution < -0.4 is 5.32 Å². The van der Waals surface area contributed by atoms with Gasteiger partial charge in [-0.2, -0.15) is 5.26 Å². The van der Waals surface area contributed by atoms with Crippen molar-refractivity contribution < 1.29 is 4.79 Å². The zero-order chi connectivity index (χ0) is 13.0. The predicted octanol–water partition coefficient (Wildman–Crippen LogP) is 2.51. The molecule has 0 radical (unpaired) electrons. The molecule has 0 aliphatic heterocycles. The number of anilines is 1. The molecule has 0 saturated carbocycles. The number of carbonyl (C=O) groups is 1. The van der Waals surface area contributed by atoms with E-state index < -0.39 is 0 Å². The van der Waals surface area contributed by atoms with Crippen LogP contribution in [0.2, 0.25) is 0 Å². The van der Waals surface area contributed by atoms with E-state index in [1.54, 1.807) is 36.5 Å². The quantitative estimate of drug-likeness (QED) is 0.872. The van der Waals surface area contributed by atoms with Gasteiger partial charge in [0.25, 0.3) is 5.91 Å². The van der Waals surface area contributed by atoms with Gasteiger partial charge in [-0.1, -0.05) is 0 Å². The summed E-state index contributed by atoms with van der Waals surface area (Å²) in [6.45, 7) is 1.88. The van der Waals surface area contributed by atoms with Crippen molar-refractivity contribution in [2.45, 2.75) is 6.92 Å². The van der Waals surface area contributed by atoms with Crippen molar-refractivity contribution in [3.8, 4) is 6.07 Å². The van der Waals surface area contributed by atoms with Gasteiger partial charge in [0.05, 0.1) is 17.2 Å². The Labute approximate surface area is 105 Å². The Hall–Kier alpha value is -2.67. The summed E-state index contributed by atoms with van der Waals surface area (Å²) in [6, 6.07) is 10.5. The Kier molecular flexibility index (Phi) is 3.35. The van der Waals surface area contributed by atoms with Gasteiger partial charge in [0.15, 0.2) is 0 Å². The first-order valence-corrected chi connectivity index (χ1v) is 5.42. The van der Waals surface area contributed by atoms with Gasteiger partial charge in [0.1, 0.15) is 0 Å². The second-order valence-electron chi connectivity index (χ2n) is 3.89. The monoisotopic (exact) mass is 237 g/mol. The van der Waals surface area contributed by atoms with Gasteiger partial charge in [0, 0.05) is 18.1 Å². The summed E-state index contributed by atoms with van der Waals surface area (Å²) in [5, 5.41) is 11.4. The number of aromatic nitrogens is 1. The molecule has 2 rings (SSSR count). The molecule has 1 heterocycles. The van der Waals surface area contributed by atoms with Crippen LogP contribution in [0.1, 0.15) is 21.5 Å². The molecule has 1 amide bonds. The van der Waals surface area contributed by atoms with Crippen LogP contribution in [-0.2, 0) is 0 Å². The van der Waals surface area contributed by atoms with E-state index in [2.05, 4.69) is 10.3 Å². The number of amides is 1. The third kappa shape index (κ3) is 2.71. The number of nitrogens with zero attached hydrogens (tertiary/aromatic N) is 2. The minimum absolute atomic E-state index is 0.212. The highest BCUT2D eigenvalue weighted by Gasteiger charge is 2.06. The number of benzene rings is 1. The first-order chi connectivity index (χ1) is 8.69. The van der Waals surface area contributed by atoms with E-state index in [-0.39, 0.29) is 5.91 Å². The van der Waals surface area contributed by atoms with Crippen molar-refractivity contribution in [1.29, 1.82) is 5.26 Å². The van der Waals surface area contributed by atoms with E-state index in [9.17, 15) is 4.79 Å². The molecular weight excluding hydrogens is 226 g/mol. The molecule has 1 N–H and O–H groups in total. The maximum Gasteiger partial charge on any atom is 0.257 e. The van der Waals surface area contributed by atoms with Crippen molar-refractivity contribution in [3.05, 3.63) is 59.4 Å². The van der Waals surface area contributed by atoms with E-state index in [0.29, 0.717) is 16.8 Å². The summed E-state index contributed by atoms with van der Waals surface area (Å²) in [5.74, 6) is -0.212. The highest BCUT2D eigenvalue weighted by atomic mass is 16.1. The summed E-state index contributed by atoms with van der Waals surface area (Å²) in [5.41, 5.74) is 2.66. The highest BCUT2D eigenvalue weighted by Crippen LogP contribution is 2.11. The lowest BCUT2D eigenvalue weighted by molar-refractivity contribution is 0.102. The second kappa shape index (κ2) is 5.11. The van der Waals surface area contributed by atoms with Gasteiger partial charge in [-0.3, -0.25) is 9.78 Å². The molecule has 1 aromatic carbocycles. The molecule has 0 spiro atoms. The van der Waals surface area contributed by atoms with Crippen molar-refractivity contribution in [1.82, 2.24) is 4.98 Å². The van der Waals surface area contributed by atoms with E-state index >= 15 is 0 Å². The van der Waals surface area contributed by atoms with Crippen molar-refractivity contribution >= 4 is 11.6 Å². The second-order valence-corrected chi connectivity index (χ2v) is 3.89. The maximum absolute atomic E-state index is 11.9. The number of aryl methyl sites for hydroxylation is 1. The molecule has 18 heavy (non-hydrogen) atoms. The van der Waals surface area contributed by atoms with Gasteiger partial charge in [-0.05, 0) is 42.8 Å². The zero-order valence-electron chi connectivity index (χ0n) is 9.84. The molecule has 0 bridgehead atoms. The van der Waals surface area contributed by atoms with Crippen LogP contribution in [-0.4, -0.2) is 10.9 Å². The fourth-order valence-electron chi connectivity index (χ4n) is 1.51. The minimum Gasteiger partial charge on any atom is -0.322 e. The van der Waals surface area contributed by atoms with Gasteiger partial charge < -0.3 is 5.32 Å². The summed E-state index contributed by atoms with van der Waals surface area (Å²) < 4.78 is 0. The number of nitriles is 1. The van der Waals surface area contributed by atoms with Gasteiger partial charge in [0.2, 0.25) is 0 Å². The summed E-state index contributed by atoms with van der Waals surface area (Å²) in [4.78, 5) is 15.9. The molecule has 0 saturated heterocycles. The Morgan fingerprint density at radius 3 is 2.61 bits per heavy atom. The molecule has 0 unspecified atom stereocenters. The van der Waals surface area contributed by atoms with Crippen LogP contribution in [0.4, 0.5) is 5.69 Å². The fourth-order valence-corrected chi connectivity index (χ4v) is 1.51. The van der Waals surface area contributed by atoms with Gasteiger partial charge in [-0.25, -0.2) is 0 Å². The normalized spacial score (nSPS) is 9.56. The fraction of sp³-hybridized carbons (Fsp3) is 0.0714. The average Bonchev–Trinajstić information content (AvgIpc) is 2.39.